The number of fused-ring (bicyclic) bond motifs is 1. The molecule has 0 atom stereocenters. The molecule has 1 aliphatic heterocycles. The van der Waals surface area contributed by atoms with Crippen LogP contribution < -0.4 is 15.6 Å². The molecular formula is C24H27N3O3. The summed E-state index contributed by atoms with van der Waals surface area (Å²) in [5, 5.41) is 3.87. The van der Waals surface area contributed by atoms with E-state index in [1.807, 2.05) is 55.1 Å². The van der Waals surface area contributed by atoms with Gasteiger partial charge >= 0.3 is 6.03 Å². The first-order chi connectivity index (χ1) is 14.5. The summed E-state index contributed by atoms with van der Waals surface area (Å²) in [7, 11) is 0. The zero-order chi connectivity index (χ0) is 21.1. The van der Waals surface area contributed by atoms with Crippen LogP contribution in [0, 0.1) is 6.92 Å². The predicted molar refractivity (Wildman–Crippen MR) is 119 cm³/mol. The summed E-state index contributed by atoms with van der Waals surface area (Å²) < 4.78 is 6.14. The first-order valence-corrected chi connectivity index (χ1v) is 10.5. The Kier molecular flexibility index (Phi) is 5.74. The molecule has 6 heteroatoms. The van der Waals surface area contributed by atoms with Gasteiger partial charge in [0, 0.05) is 38.5 Å². The molecule has 2 aromatic carbocycles. The predicted octanol–water partition coefficient (Wildman–Crippen LogP) is 4.08. The number of carbonyl (C=O) groups excluding carboxylic acids is 1. The Labute approximate surface area is 175 Å². The van der Waals surface area contributed by atoms with Gasteiger partial charge in [0.25, 0.3) is 0 Å². The summed E-state index contributed by atoms with van der Waals surface area (Å²) in [4.78, 5) is 28.4. The molecular weight excluding hydrogens is 378 g/mol. The van der Waals surface area contributed by atoms with Crippen LogP contribution in [0.5, 0.6) is 5.75 Å². The van der Waals surface area contributed by atoms with E-state index < -0.39 is 0 Å². The van der Waals surface area contributed by atoms with Gasteiger partial charge < -0.3 is 19.9 Å². The Hall–Kier alpha value is -3.28. The third kappa shape index (κ3) is 4.17. The molecule has 2 amide bonds. The van der Waals surface area contributed by atoms with Gasteiger partial charge in [0.15, 0.2) is 0 Å². The van der Waals surface area contributed by atoms with Crippen LogP contribution in [0.1, 0.15) is 25.3 Å². The van der Waals surface area contributed by atoms with Crippen LogP contribution in [0.15, 0.2) is 53.3 Å². The van der Waals surface area contributed by atoms with Gasteiger partial charge in [-0.2, -0.15) is 0 Å². The molecule has 0 saturated carbocycles. The number of aromatic amines is 1. The van der Waals surface area contributed by atoms with Gasteiger partial charge in [-0.05, 0) is 54.1 Å². The SMILES string of the molecule is CCNC(=O)N1CCC(Oc2ccc(-c3ccc4ccc(=O)[nH]c4c3C)cc2)CC1. The lowest BCUT2D eigenvalue weighted by Crippen LogP contribution is -2.46. The van der Waals surface area contributed by atoms with Crippen molar-refractivity contribution in [2.45, 2.75) is 32.8 Å². The molecule has 30 heavy (non-hydrogen) atoms. The maximum atomic E-state index is 11.9. The van der Waals surface area contributed by atoms with Gasteiger partial charge in [0.1, 0.15) is 11.9 Å². The molecule has 1 fully saturated rings. The van der Waals surface area contributed by atoms with Crippen molar-refractivity contribution in [2.24, 2.45) is 0 Å². The standard InChI is InChI=1S/C24H27N3O3/c1-3-25-24(29)27-14-12-20(13-15-27)30-19-8-4-17(5-9-19)21-10-6-18-7-11-22(28)26-23(18)16(21)2/h4-11,20H,3,12-15H2,1-2H3,(H,25,29)(H,26,28). The number of aryl methyl sites for hydroxylation is 1. The van der Waals surface area contributed by atoms with E-state index >= 15 is 0 Å². The van der Waals surface area contributed by atoms with Crippen molar-refractivity contribution >= 4 is 16.9 Å². The number of nitrogens with one attached hydrogen (secondary N) is 2. The number of urea groups is 1. The van der Waals surface area contributed by atoms with Crippen LogP contribution in [0.4, 0.5) is 4.79 Å². The van der Waals surface area contributed by atoms with Crippen LogP contribution in [0.25, 0.3) is 22.0 Å². The number of pyridine rings is 1. The molecule has 0 unspecified atom stereocenters. The summed E-state index contributed by atoms with van der Waals surface area (Å²) in [5.74, 6) is 0.835. The van der Waals surface area contributed by atoms with Crippen molar-refractivity contribution in [1.29, 1.82) is 0 Å². The fraction of sp³-hybridized carbons (Fsp3) is 0.333. The van der Waals surface area contributed by atoms with Gasteiger partial charge in [-0.3, -0.25) is 4.79 Å². The quantitative estimate of drug-likeness (QED) is 0.687. The van der Waals surface area contributed by atoms with Crippen LogP contribution in [-0.2, 0) is 0 Å². The van der Waals surface area contributed by atoms with E-state index in [9.17, 15) is 9.59 Å². The van der Waals surface area contributed by atoms with Gasteiger partial charge in [-0.15, -0.1) is 0 Å². The Bertz CT molecular complexity index is 1100. The Morgan fingerprint density at radius 3 is 2.50 bits per heavy atom. The number of amides is 2. The normalized spacial score (nSPS) is 14.7. The van der Waals surface area contributed by atoms with Crippen LogP contribution in [0.3, 0.4) is 0 Å². The number of rotatable bonds is 4. The minimum absolute atomic E-state index is 0.00685. The van der Waals surface area contributed by atoms with Crippen molar-refractivity contribution in [3.05, 3.63) is 64.4 Å². The van der Waals surface area contributed by atoms with Crippen molar-refractivity contribution < 1.29 is 9.53 Å². The zero-order valence-electron chi connectivity index (χ0n) is 17.4. The molecule has 1 saturated heterocycles. The summed E-state index contributed by atoms with van der Waals surface area (Å²) in [6, 6.07) is 15.6. The Morgan fingerprint density at radius 1 is 1.10 bits per heavy atom. The zero-order valence-corrected chi connectivity index (χ0v) is 17.4. The molecule has 1 aliphatic rings. The number of ether oxygens (including phenoxy) is 1. The van der Waals surface area contributed by atoms with Crippen molar-refractivity contribution in [3.8, 4) is 16.9 Å². The number of aromatic nitrogens is 1. The number of nitrogens with zero attached hydrogens (tertiary/aromatic N) is 1. The maximum absolute atomic E-state index is 11.9. The van der Waals surface area contributed by atoms with Crippen LogP contribution in [0.2, 0.25) is 0 Å². The number of likely N-dealkylation sites (tertiary alicyclic amines) is 1. The third-order valence-electron chi connectivity index (χ3n) is 5.68. The van der Waals surface area contributed by atoms with Crippen molar-refractivity contribution in [2.75, 3.05) is 19.6 Å². The Balaban J connectivity index is 1.44. The minimum atomic E-state index is -0.0929. The van der Waals surface area contributed by atoms with Gasteiger partial charge in [-0.1, -0.05) is 24.3 Å². The van der Waals surface area contributed by atoms with Crippen LogP contribution >= 0.6 is 0 Å². The monoisotopic (exact) mass is 405 g/mol. The second kappa shape index (κ2) is 8.61. The van der Waals surface area contributed by atoms with E-state index in [0.717, 1.165) is 46.2 Å². The molecule has 0 aliphatic carbocycles. The van der Waals surface area contributed by atoms with Crippen molar-refractivity contribution in [1.82, 2.24) is 15.2 Å². The highest BCUT2D eigenvalue weighted by molar-refractivity contribution is 5.88. The van der Waals surface area contributed by atoms with Crippen molar-refractivity contribution in [3.63, 3.8) is 0 Å². The number of piperidine rings is 1. The fourth-order valence-corrected chi connectivity index (χ4v) is 4.03. The van der Waals surface area contributed by atoms with Crippen LogP contribution in [-0.4, -0.2) is 41.7 Å². The van der Waals surface area contributed by atoms with E-state index in [0.29, 0.717) is 19.6 Å². The molecule has 1 aromatic heterocycles. The number of benzene rings is 2. The molecule has 0 spiro atoms. The van der Waals surface area contributed by atoms with Gasteiger partial charge in [-0.25, -0.2) is 4.79 Å². The lowest BCUT2D eigenvalue weighted by atomic mass is 9.98. The summed E-state index contributed by atoms with van der Waals surface area (Å²) in [6.45, 7) is 6.02. The summed E-state index contributed by atoms with van der Waals surface area (Å²) in [6.07, 6.45) is 1.78. The lowest BCUT2D eigenvalue weighted by molar-refractivity contribution is 0.111. The largest absolute Gasteiger partial charge is 0.490 e. The van der Waals surface area contributed by atoms with E-state index in [1.54, 1.807) is 6.07 Å². The summed E-state index contributed by atoms with van der Waals surface area (Å²) in [5.41, 5.74) is 4.00. The molecule has 3 aromatic rings. The highest BCUT2D eigenvalue weighted by Crippen LogP contribution is 2.30. The number of carbonyl (C=O) groups is 1. The Morgan fingerprint density at radius 2 is 1.80 bits per heavy atom. The maximum Gasteiger partial charge on any atom is 0.317 e. The number of hydrogen-bond acceptors (Lipinski definition) is 3. The van der Waals surface area contributed by atoms with E-state index in [1.165, 1.54) is 0 Å². The second-order valence-corrected chi connectivity index (χ2v) is 7.69. The van der Waals surface area contributed by atoms with E-state index in [2.05, 4.69) is 16.4 Å². The van der Waals surface area contributed by atoms with E-state index in [-0.39, 0.29) is 17.7 Å². The molecule has 2 N–H and O–H groups in total. The summed E-state index contributed by atoms with van der Waals surface area (Å²) >= 11 is 0. The molecule has 0 bridgehead atoms. The smallest absolute Gasteiger partial charge is 0.317 e. The molecule has 6 nitrogen and oxygen atoms in total. The molecule has 4 rings (SSSR count). The topological polar surface area (TPSA) is 74.4 Å². The highest BCUT2D eigenvalue weighted by Gasteiger charge is 2.23. The van der Waals surface area contributed by atoms with Gasteiger partial charge in [0.05, 0.1) is 5.52 Å². The fourth-order valence-electron chi connectivity index (χ4n) is 4.03. The highest BCUT2D eigenvalue weighted by atomic mass is 16.5. The molecule has 0 radical (unpaired) electrons. The minimum Gasteiger partial charge on any atom is -0.490 e. The molecule has 156 valence electrons. The third-order valence-corrected chi connectivity index (χ3v) is 5.68. The number of H-pyrrole nitrogens is 1. The average Bonchev–Trinajstić information content (AvgIpc) is 2.76. The first kappa shape index (κ1) is 20.0. The number of hydrogen-bond donors (Lipinski definition) is 2. The second-order valence-electron chi connectivity index (χ2n) is 7.69. The lowest BCUT2D eigenvalue weighted by Gasteiger charge is -2.32. The first-order valence-electron chi connectivity index (χ1n) is 10.5. The molecule has 2 heterocycles. The van der Waals surface area contributed by atoms with Gasteiger partial charge in [0.2, 0.25) is 5.56 Å². The average molecular weight is 405 g/mol. The van der Waals surface area contributed by atoms with E-state index in [4.69, 9.17) is 4.74 Å².